The quantitative estimate of drug-likeness (QED) is 0.741. The molecule has 1 fully saturated rings. The van der Waals surface area contributed by atoms with Crippen molar-refractivity contribution in [3.63, 3.8) is 0 Å². The van der Waals surface area contributed by atoms with Crippen molar-refractivity contribution in [1.29, 1.82) is 0 Å². The number of rotatable bonds is 4. The van der Waals surface area contributed by atoms with E-state index in [1.54, 1.807) is 0 Å². The highest BCUT2D eigenvalue weighted by atomic mass is 16.2. The van der Waals surface area contributed by atoms with Gasteiger partial charge >= 0.3 is 0 Å². The van der Waals surface area contributed by atoms with E-state index in [2.05, 4.69) is 26.1 Å². The Morgan fingerprint density at radius 2 is 2.00 bits per heavy atom. The van der Waals surface area contributed by atoms with Crippen LogP contribution < -0.4 is 11.1 Å². The lowest BCUT2D eigenvalue weighted by molar-refractivity contribution is -0.126. The largest absolute Gasteiger partial charge is 0.353 e. The van der Waals surface area contributed by atoms with E-state index >= 15 is 0 Å². The Balaban J connectivity index is 2.44. The van der Waals surface area contributed by atoms with Gasteiger partial charge in [0.05, 0.1) is 5.92 Å². The summed E-state index contributed by atoms with van der Waals surface area (Å²) in [5.41, 5.74) is 5.67. The Morgan fingerprint density at radius 3 is 2.59 bits per heavy atom. The number of amides is 1. The second-order valence-corrected chi connectivity index (χ2v) is 5.91. The van der Waals surface area contributed by atoms with Crippen LogP contribution in [0.5, 0.6) is 0 Å². The Bertz CT molecular complexity index is 240. The molecule has 1 aliphatic carbocycles. The molecule has 17 heavy (non-hydrogen) atoms. The van der Waals surface area contributed by atoms with Gasteiger partial charge in [-0.3, -0.25) is 4.79 Å². The Labute approximate surface area is 106 Å². The fraction of sp³-hybridized carbons (Fsp3) is 0.929. The SMILES string of the molecule is CC1CCCC(NC(=O)C(CN)C(C)C)CC1. The monoisotopic (exact) mass is 240 g/mol. The molecule has 3 N–H and O–H groups in total. The van der Waals surface area contributed by atoms with Crippen molar-refractivity contribution in [2.75, 3.05) is 6.54 Å². The molecule has 0 aromatic heterocycles. The van der Waals surface area contributed by atoms with Crippen LogP contribution in [0.1, 0.15) is 52.9 Å². The molecule has 3 atom stereocenters. The molecule has 0 saturated heterocycles. The highest BCUT2D eigenvalue weighted by molar-refractivity contribution is 5.79. The van der Waals surface area contributed by atoms with Gasteiger partial charge in [0.15, 0.2) is 0 Å². The molecule has 0 bridgehead atoms. The van der Waals surface area contributed by atoms with Crippen molar-refractivity contribution in [2.45, 2.75) is 58.9 Å². The fourth-order valence-corrected chi connectivity index (χ4v) is 2.62. The molecule has 1 aliphatic rings. The first-order chi connectivity index (χ1) is 8.04. The number of hydrogen-bond donors (Lipinski definition) is 2. The molecule has 3 nitrogen and oxygen atoms in total. The standard InChI is InChI=1S/C14H28N2O/c1-10(2)13(9-15)14(17)16-12-6-4-5-11(3)7-8-12/h10-13H,4-9,15H2,1-3H3,(H,16,17). The van der Waals surface area contributed by atoms with Crippen molar-refractivity contribution in [2.24, 2.45) is 23.5 Å². The molecule has 0 heterocycles. The molecule has 0 aliphatic heterocycles. The van der Waals surface area contributed by atoms with E-state index in [0.29, 0.717) is 18.5 Å². The minimum absolute atomic E-state index is 0.0318. The van der Waals surface area contributed by atoms with Gasteiger partial charge in [0.25, 0.3) is 0 Å². The predicted octanol–water partition coefficient (Wildman–Crippen LogP) is 2.30. The second-order valence-electron chi connectivity index (χ2n) is 5.91. The molecular formula is C14H28N2O. The van der Waals surface area contributed by atoms with Gasteiger partial charge < -0.3 is 11.1 Å². The van der Waals surface area contributed by atoms with E-state index in [1.165, 1.54) is 19.3 Å². The first-order valence-corrected chi connectivity index (χ1v) is 7.05. The van der Waals surface area contributed by atoms with Crippen LogP contribution in [0.2, 0.25) is 0 Å². The third-order valence-electron chi connectivity index (χ3n) is 4.00. The van der Waals surface area contributed by atoms with Crippen LogP contribution in [0.3, 0.4) is 0 Å². The smallest absolute Gasteiger partial charge is 0.224 e. The molecular weight excluding hydrogens is 212 g/mol. The third kappa shape index (κ3) is 4.66. The van der Waals surface area contributed by atoms with Crippen LogP contribution in [-0.4, -0.2) is 18.5 Å². The van der Waals surface area contributed by atoms with E-state index in [4.69, 9.17) is 5.73 Å². The van der Waals surface area contributed by atoms with Gasteiger partial charge in [-0.05, 0) is 31.1 Å². The van der Waals surface area contributed by atoms with E-state index in [9.17, 15) is 4.79 Å². The zero-order chi connectivity index (χ0) is 12.8. The zero-order valence-electron chi connectivity index (χ0n) is 11.5. The van der Waals surface area contributed by atoms with Gasteiger partial charge in [-0.25, -0.2) is 0 Å². The van der Waals surface area contributed by atoms with E-state index < -0.39 is 0 Å². The Hall–Kier alpha value is -0.570. The zero-order valence-corrected chi connectivity index (χ0v) is 11.5. The van der Waals surface area contributed by atoms with Gasteiger partial charge in [0.2, 0.25) is 5.91 Å². The summed E-state index contributed by atoms with van der Waals surface area (Å²) in [5, 5.41) is 3.19. The third-order valence-corrected chi connectivity index (χ3v) is 4.00. The summed E-state index contributed by atoms with van der Waals surface area (Å²) in [6.45, 7) is 6.88. The minimum Gasteiger partial charge on any atom is -0.353 e. The molecule has 1 saturated carbocycles. The average molecular weight is 240 g/mol. The normalized spacial score (nSPS) is 27.6. The highest BCUT2D eigenvalue weighted by Gasteiger charge is 2.24. The molecule has 0 radical (unpaired) electrons. The van der Waals surface area contributed by atoms with E-state index in [1.807, 2.05) is 0 Å². The maximum atomic E-state index is 12.1. The number of carbonyl (C=O) groups is 1. The van der Waals surface area contributed by atoms with Crippen molar-refractivity contribution in [3.05, 3.63) is 0 Å². The summed E-state index contributed by atoms with van der Waals surface area (Å²) in [7, 11) is 0. The summed E-state index contributed by atoms with van der Waals surface area (Å²) < 4.78 is 0. The first kappa shape index (κ1) is 14.5. The first-order valence-electron chi connectivity index (χ1n) is 7.05. The number of nitrogens with one attached hydrogen (secondary N) is 1. The molecule has 0 aromatic carbocycles. The lowest BCUT2D eigenvalue weighted by atomic mass is 9.94. The summed E-state index contributed by atoms with van der Waals surface area (Å²) in [6, 6.07) is 0.375. The van der Waals surface area contributed by atoms with E-state index in [-0.39, 0.29) is 11.8 Å². The Morgan fingerprint density at radius 1 is 1.29 bits per heavy atom. The van der Waals surface area contributed by atoms with Crippen LogP contribution in [0, 0.1) is 17.8 Å². The lowest BCUT2D eigenvalue weighted by Gasteiger charge is -2.23. The van der Waals surface area contributed by atoms with Crippen LogP contribution in [0.15, 0.2) is 0 Å². The van der Waals surface area contributed by atoms with Gasteiger partial charge in [0.1, 0.15) is 0 Å². The van der Waals surface area contributed by atoms with E-state index in [0.717, 1.165) is 18.8 Å². The van der Waals surface area contributed by atoms with Gasteiger partial charge in [0, 0.05) is 12.6 Å². The van der Waals surface area contributed by atoms with Crippen molar-refractivity contribution < 1.29 is 4.79 Å². The van der Waals surface area contributed by atoms with Gasteiger partial charge in [-0.2, -0.15) is 0 Å². The molecule has 100 valence electrons. The lowest BCUT2D eigenvalue weighted by Crippen LogP contribution is -2.43. The molecule has 3 heteroatoms. The van der Waals surface area contributed by atoms with Crippen molar-refractivity contribution in [3.8, 4) is 0 Å². The predicted molar refractivity (Wildman–Crippen MR) is 71.6 cm³/mol. The Kier molecular flexibility index (Phi) is 5.96. The van der Waals surface area contributed by atoms with Crippen molar-refractivity contribution in [1.82, 2.24) is 5.32 Å². The number of nitrogens with two attached hydrogens (primary N) is 1. The summed E-state index contributed by atoms with van der Waals surface area (Å²) in [4.78, 5) is 12.1. The molecule has 1 rings (SSSR count). The van der Waals surface area contributed by atoms with Gasteiger partial charge in [-0.15, -0.1) is 0 Å². The minimum atomic E-state index is -0.0318. The summed E-state index contributed by atoms with van der Waals surface area (Å²) >= 11 is 0. The van der Waals surface area contributed by atoms with Crippen LogP contribution in [-0.2, 0) is 4.79 Å². The second kappa shape index (κ2) is 7.00. The molecule has 0 aromatic rings. The summed E-state index contributed by atoms with van der Waals surface area (Å²) in [5.74, 6) is 1.26. The summed E-state index contributed by atoms with van der Waals surface area (Å²) in [6.07, 6.45) is 6.03. The van der Waals surface area contributed by atoms with Crippen LogP contribution in [0.25, 0.3) is 0 Å². The van der Waals surface area contributed by atoms with Crippen LogP contribution in [0.4, 0.5) is 0 Å². The molecule has 1 amide bonds. The van der Waals surface area contributed by atoms with Crippen molar-refractivity contribution >= 4 is 5.91 Å². The topological polar surface area (TPSA) is 55.1 Å². The number of hydrogen-bond acceptors (Lipinski definition) is 2. The average Bonchev–Trinajstić information content (AvgIpc) is 2.44. The van der Waals surface area contributed by atoms with Gasteiger partial charge in [-0.1, -0.05) is 33.6 Å². The highest BCUT2D eigenvalue weighted by Crippen LogP contribution is 2.23. The fourth-order valence-electron chi connectivity index (χ4n) is 2.62. The van der Waals surface area contributed by atoms with Crippen LogP contribution >= 0.6 is 0 Å². The molecule has 3 unspecified atom stereocenters. The number of carbonyl (C=O) groups excluding carboxylic acids is 1. The maximum Gasteiger partial charge on any atom is 0.224 e. The maximum absolute atomic E-state index is 12.1. The molecule has 0 spiro atoms.